The van der Waals surface area contributed by atoms with Gasteiger partial charge in [0.25, 0.3) is 0 Å². The molecular formula is C11H18N2O3S. The van der Waals surface area contributed by atoms with Gasteiger partial charge in [-0.1, -0.05) is 19.1 Å². The molecule has 96 valence electrons. The zero-order chi connectivity index (χ0) is 13.1. The Bertz CT molecular complexity index is 473. The van der Waals surface area contributed by atoms with Crippen LogP contribution >= 0.6 is 0 Å². The summed E-state index contributed by atoms with van der Waals surface area (Å²) in [6.45, 7) is 1.04. The molecule has 1 rings (SSSR count). The molecular weight excluding hydrogens is 240 g/mol. The van der Waals surface area contributed by atoms with Crippen LogP contribution in [0.15, 0.2) is 24.3 Å². The van der Waals surface area contributed by atoms with Gasteiger partial charge in [0.15, 0.2) is 9.84 Å². The zero-order valence-electron chi connectivity index (χ0n) is 9.70. The Morgan fingerprint density at radius 3 is 2.53 bits per heavy atom. The highest BCUT2D eigenvalue weighted by molar-refractivity contribution is 7.92. The van der Waals surface area contributed by atoms with Crippen LogP contribution in [0.2, 0.25) is 0 Å². The number of anilines is 1. The Hall–Kier alpha value is -1.11. The first-order valence-corrected chi connectivity index (χ1v) is 7.07. The first-order chi connectivity index (χ1) is 7.92. The van der Waals surface area contributed by atoms with E-state index in [1.54, 1.807) is 24.3 Å². The Balaban J connectivity index is 3.06. The molecule has 0 unspecified atom stereocenters. The molecule has 0 fully saturated rings. The third kappa shape index (κ3) is 3.18. The van der Waals surface area contributed by atoms with Crippen molar-refractivity contribution in [3.63, 3.8) is 0 Å². The molecule has 0 radical (unpaired) electrons. The third-order valence-electron chi connectivity index (χ3n) is 2.74. The summed E-state index contributed by atoms with van der Waals surface area (Å²) in [5.74, 6) is -0.0474. The number of aliphatic hydroxyl groups excluding tert-OH is 1. The Labute approximate surface area is 101 Å². The molecule has 0 aliphatic heterocycles. The lowest BCUT2D eigenvalue weighted by Crippen LogP contribution is -2.37. The Kier molecular flexibility index (Phi) is 4.50. The molecule has 0 saturated carbocycles. The number of nitrogens with two attached hydrogens (primary N) is 2. The van der Waals surface area contributed by atoms with E-state index >= 15 is 0 Å². The summed E-state index contributed by atoms with van der Waals surface area (Å²) in [5.41, 5.74) is 12.6. The van der Waals surface area contributed by atoms with Crippen LogP contribution in [0.3, 0.4) is 0 Å². The highest BCUT2D eigenvalue weighted by Gasteiger charge is 2.30. The van der Waals surface area contributed by atoms with E-state index in [-0.39, 0.29) is 5.75 Å². The van der Waals surface area contributed by atoms with Crippen LogP contribution in [-0.4, -0.2) is 31.1 Å². The van der Waals surface area contributed by atoms with Gasteiger partial charge in [0.2, 0.25) is 0 Å². The Morgan fingerprint density at radius 1 is 1.41 bits per heavy atom. The maximum atomic E-state index is 11.8. The van der Waals surface area contributed by atoms with Gasteiger partial charge in [-0.25, -0.2) is 8.42 Å². The normalized spacial score (nSPS) is 15.5. The number of hydrogen-bond donors (Lipinski definition) is 3. The molecule has 5 N–H and O–H groups in total. The van der Waals surface area contributed by atoms with E-state index in [0.29, 0.717) is 11.3 Å². The monoisotopic (exact) mass is 258 g/mol. The van der Waals surface area contributed by atoms with Crippen LogP contribution in [0.4, 0.5) is 5.69 Å². The average molecular weight is 258 g/mol. The lowest BCUT2D eigenvalue weighted by atomic mass is 10.0. The molecule has 6 heteroatoms. The minimum absolute atomic E-state index is 0.0474. The van der Waals surface area contributed by atoms with Gasteiger partial charge in [-0.2, -0.15) is 0 Å². The van der Waals surface area contributed by atoms with Gasteiger partial charge in [0.05, 0.1) is 6.61 Å². The van der Waals surface area contributed by atoms with Crippen LogP contribution in [-0.2, 0) is 9.84 Å². The molecule has 0 aliphatic rings. The van der Waals surface area contributed by atoms with Crippen molar-refractivity contribution in [2.45, 2.75) is 18.2 Å². The third-order valence-corrected chi connectivity index (χ3v) is 4.91. The minimum Gasteiger partial charge on any atom is -0.399 e. The molecule has 17 heavy (non-hydrogen) atoms. The fourth-order valence-corrected chi connectivity index (χ4v) is 2.90. The molecule has 0 aromatic heterocycles. The molecule has 2 atom stereocenters. The largest absolute Gasteiger partial charge is 0.399 e. The highest BCUT2D eigenvalue weighted by atomic mass is 32.2. The molecule has 0 bridgehead atoms. The van der Waals surface area contributed by atoms with Crippen LogP contribution in [0.25, 0.3) is 0 Å². The van der Waals surface area contributed by atoms with Crippen molar-refractivity contribution in [2.75, 3.05) is 18.1 Å². The number of nitrogen functional groups attached to an aromatic ring is 1. The molecule has 0 heterocycles. The van der Waals surface area contributed by atoms with E-state index < -0.39 is 27.7 Å². The van der Waals surface area contributed by atoms with Gasteiger partial charge in [-0.05, 0) is 17.7 Å². The SMILES string of the molecule is CCS(=O)(=O)[C@H](CO)[C@@H](N)c1cccc(N)c1. The quantitative estimate of drug-likeness (QED) is 0.648. The van der Waals surface area contributed by atoms with Crippen LogP contribution in [0.1, 0.15) is 18.5 Å². The number of sulfone groups is 1. The van der Waals surface area contributed by atoms with Crippen molar-refractivity contribution in [2.24, 2.45) is 5.73 Å². The Morgan fingerprint density at radius 2 is 2.06 bits per heavy atom. The lowest BCUT2D eigenvalue weighted by Gasteiger charge is -2.22. The topological polar surface area (TPSA) is 106 Å². The first kappa shape index (κ1) is 14.0. The van der Waals surface area contributed by atoms with Gasteiger partial charge in [0, 0.05) is 17.5 Å². The standard InChI is InChI=1S/C11H18N2O3S/c1-2-17(15,16)10(7-14)11(13)8-4-3-5-9(12)6-8/h3-6,10-11,14H,2,7,12-13H2,1H3/t10-,11+/m1/s1. The fraction of sp³-hybridized carbons (Fsp3) is 0.455. The molecule has 1 aromatic rings. The summed E-state index contributed by atoms with van der Waals surface area (Å²) >= 11 is 0. The van der Waals surface area contributed by atoms with E-state index in [1.807, 2.05) is 0 Å². The lowest BCUT2D eigenvalue weighted by molar-refractivity contribution is 0.277. The predicted octanol–water partition coefficient (Wildman–Crippen LogP) is 0.0642. The van der Waals surface area contributed by atoms with Crippen LogP contribution < -0.4 is 11.5 Å². The molecule has 5 nitrogen and oxygen atoms in total. The second-order valence-electron chi connectivity index (χ2n) is 3.87. The summed E-state index contributed by atoms with van der Waals surface area (Å²) in [6.07, 6.45) is 0. The minimum atomic E-state index is -3.39. The number of benzene rings is 1. The van der Waals surface area contributed by atoms with Gasteiger partial charge >= 0.3 is 0 Å². The van der Waals surface area contributed by atoms with Crippen LogP contribution in [0, 0.1) is 0 Å². The van der Waals surface area contributed by atoms with Crippen LogP contribution in [0.5, 0.6) is 0 Å². The molecule has 1 aromatic carbocycles. The van der Waals surface area contributed by atoms with E-state index in [9.17, 15) is 13.5 Å². The second kappa shape index (κ2) is 5.48. The fourth-order valence-electron chi connectivity index (χ4n) is 1.65. The summed E-state index contributed by atoms with van der Waals surface area (Å²) < 4.78 is 23.5. The van der Waals surface area contributed by atoms with E-state index in [1.165, 1.54) is 6.92 Å². The van der Waals surface area contributed by atoms with E-state index in [0.717, 1.165) is 0 Å². The van der Waals surface area contributed by atoms with Gasteiger partial charge in [-0.15, -0.1) is 0 Å². The van der Waals surface area contributed by atoms with Crippen molar-refractivity contribution in [1.82, 2.24) is 0 Å². The highest BCUT2D eigenvalue weighted by Crippen LogP contribution is 2.21. The van der Waals surface area contributed by atoms with Crippen molar-refractivity contribution >= 4 is 15.5 Å². The maximum absolute atomic E-state index is 11.8. The summed E-state index contributed by atoms with van der Waals surface area (Å²) in [7, 11) is -3.39. The molecule has 0 saturated heterocycles. The van der Waals surface area contributed by atoms with Crippen molar-refractivity contribution in [3.05, 3.63) is 29.8 Å². The van der Waals surface area contributed by atoms with Crippen molar-refractivity contribution < 1.29 is 13.5 Å². The van der Waals surface area contributed by atoms with Crippen molar-refractivity contribution in [3.8, 4) is 0 Å². The zero-order valence-corrected chi connectivity index (χ0v) is 10.5. The molecule has 0 aliphatic carbocycles. The average Bonchev–Trinajstić information content (AvgIpc) is 2.29. The smallest absolute Gasteiger partial charge is 0.157 e. The summed E-state index contributed by atoms with van der Waals surface area (Å²) in [4.78, 5) is 0. The van der Waals surface area contributed by atoms with Gasteiger partial charge in [-0.3, -0.25) is 0 Å². The number of hydrogen-bond acceptors (Lipinski definition) is 5. The first-order valence-electron chi connectivity index (χ1n) is 5.35. The number of aliphatic hydroxyl groups is 1. The second-order valence-corrected chi connectivity index (χ2v) is 6.38. The maximum Gasteiger partial charge on any atom is 0.157 e. The number of rotatable bonds is 5. The van der Waals surface area contributed by atoms with Crippen molar-refractivity contribution in [1.29, 1.82) is 0 Å². The molecule has 0 amide bonds. The summed E-state index contributed by atoms with van der Waals surface area (Å²) in [6, 6.07) is 5.96. The van der Waals surface area contributed by atoms with E-state index in [4.69, 9.17) is 11.5 Å². The van der Waals surface area contributed by atoms with E-state index in [2.05, 4.69) is 0 Å². The predicted molar refractivity (Wildman–Crippen MR) is 68.1 cm³/mol. The summed E-state index contributed by atoms with van der Waals surface area (Å²) in [5, 5.41) is 8.21. The van der Waals surface area contributed by atoms with Gasteiger partial charge in [0.1, 0.15) is 5.25 Å². The van der Waals surface area contributed by atoms with Gasteiger partial charge < -0.3 is 16.6 Å². The molecule has 0 spiro atoms.